The molecule has 3 N–H and O–H groups in total. The Morgan fingerprint density at radius 3 is 2.81 bits per heavy atom. The van der Waals surface area contributed by atoms with Gasteiger partial charge in [-0.05, 0) is 44.6 Å². The lowest BCUT2D eigenvalue weighted by molar-refractivity contribution is -0.384. The first-order valence-corrected chi connectivity index (χ1v) is 8.09. The molecule has 1 aliphatic heterocycles. The third-order valence-corrected chi connectivity index (χ3v) is 4.90. The van der Waals surface area contributed by atoms with E-state index in [4.69, 9.17) is 0 Å². The van der Waals surface area contributed by atoms with E-state index in [0.717, 1.165) is 25.6 Å². The molecule has 1 fully saturated rings. The molecule has 0 spiro atoms. The number of benzene rings is 1. The highest BCUT2D eigenvalue weighted by Crippen LogP contribution is 2.28. The summed E-state index contributed by atoms with van der Waals surface area (Å²) in [7, 11) is -2.43. The van der Waals surface area contributed by atoms with Gasteiger partial charge in [0.05, 0.1) is 9.82 Å². The highest BCUT2D eigenvalue weighted by atomic mass is 32.2. The van der Waals surface area contributed by atoms with Crippen molar-refractivity contribution in [2.45, 2.75) is 11.3 Å². The van der Waals surface area contributed by atoms with Crippen molar-refractivity contribution in [2.75, 3.05) is 32.0 Å². The van der Waals surface area contributed by atoms with Crippen molar-refractivity contribution < 1.29 is 13.3 Å². The zero-order valence-electron chi connectivity index (χ0n) is 11.6. The van der Waals surface area contributed by atoms with Gasteiger partial charge < -0.3 is 10.6 Å². The molecule has 1 saturated heterocycles. The highest BCUT2D eigenvalue weighted by Gasteiger charge is 2.21. The molecule has 0 amide bonds. The summed E-state index contributed by atoms with van der Waals surface area (Å²) >= 11 is 0. The number of sulfonamides is 1. The molecule has 2 rings (SSSR count). The summed E-state index contributed by atoms with van der Waals surface area (Å²) < 4.78 is 25.5. The van der Waals surface area contributed by atoms with Crippen molar-refractivity contribution in [2.24, 2.45) is 5.92 Å². The van der Waals surface area contributed by atoms with E-state index in [9.17, 15) is 18.5 Å². The van der Waals surface area contributed by atoms with Crippen LogP contribution in [0.25, 0.3) is 0 Å². The number of rotatable bonds is 6. The molecule has 0 radical (unpaired) electrons. The summed E-state index contributed by atoms with van der Waals surface area (Å²) in [4.78, 5) is 10.4. The third kappa shape index (κ3) is 3.69. The second-order valence-electron chi connectivity index (χ2n) is 4.88. The van der Waals surface area contributed by atoms with Gasteiger partial charge in [-0.2, -0.15) is 0 Å². The molecule has 21 heavy (non-hydrogen) atoms. The van der Waals surface area contributed by atoms with Crippen LogP contribution in [0.3, 0.4) is 0 Å². The van der Waals surface area contributed by atoms with Gasteiger partial charge in [-0.25, -0.2) is 13.1 Å². The van der Waals surface area contributed by atoms with Crippen LogP contribution in [0.4, 0.5) is 11.4 Å². The van der Waals surface area contributed by atoms with Crippen molar-refractivity contribution in [1.29, 1.82) is 0 Å². The fourth-order valence-corrected chi connectivity index (χ4v) is 2.99. The fourth-order valence-electron chi connectivity index (χ4n) is 2.24. The maximum atomic E-state index is 11.7. The van der Waals surface area contributed by atoms with Crippen molar-refractivity contribution >= 4 is 21.4 Å². The van der Waals surface area contributed by atoms with Crippen LogP contribution in [-0.4, -0.2) is 40.0 Å². The second kappa shape index (κ2) is 6.37. The minimum absolute atomic E-state index is 0.121. The van der Waals surface area contributed by atoms with Gasteiger partial charge in [0.25, 0.3) is 5.69 Å². The van der Waals surface area contributed by atoms with E-state index in [0.29, 0.717) is 18.2 Å². The quantitative estimate of drug-likeness (QED) is 0.521. The van der Waals surface area contributed by atoms with Crippen molar-refractivity contribution in [3.8, 4) is 0 Å². The maximum absolute atomic E-state index is 11.7. The van der Waals surface area contributed by atoms with Crippen LogP contribution >= 0.6 is 0 Å². The van der Waals surface area contributed by atoms with Crippen molar-refractivity contribution in [3.63, 3.8) is 0 Å². The summed E-state index contributed by atoms with van der Waals surface area (Å²) in [5, 5.41) is 17.4. The Kier molecular flexibility index (Phi) is 4.76. The maximum Gasteiger partial charge on any atom is 0.293 e. The van der Waals surface area contributed by atoms with Crippen LogP contribution in [0.1, 0.15) is 6.42 Å². The lowest BCUT2D eigenvalue weighted by Crippen LogP contribution is -2.20. The zero-order valence-corrected chi connectivity index (χ0v) is 12.4. The van der Waals surface area contributed by atoms with Crippen LogP contribution < -0.4 is 15.4 Å². The zero-order chi connectivity index (χ0) is 15.5. The number of nitrogens with zero attached hydrogens (tertiary/aromatic N) is 1. The van der Waals surface area contributed by atoms with E-state index < -0.39 is 14.9 Å². The lowest BCUT2D eigenvalue weighted by atomic mass is 10.1. The number of hydrogen-bond acceptors (Lipinski definition) is 6. The summed E-state index contributed by atoms with van der Waals surface area (Å²) in [5.41, 5.74) is 0.0965. The molecule has 8 nitrogen and oxygen atoms in total. The van der Waals surface area contributed by atoms with Crippen molar-refractivity contribution in [3.05, 3.63) is 28.3 Å². The first-order chi connectivity index (χ1) is 9.94. The molecule has 116 valence electrons. The van der Waals surface area contributed by atoms with Gasteiger partial charge in [0.15, 0.2) is 0 Å². The molecule has 1 aromatic carbocycles. The second-order valence-corrected chi connectivity index (χ2v) is 6.77. The average Bonchev–Trinajstić information content (AvgIpc) is 2.98. The number of nitrogens with one attached hydrogen (secondary N) is 3. The van der Waals surface area contributed by atoms with Gasteiger partial charge in [-0.15, -0.1) is 0 Å². The molecule has 0 bridgehead atoms. The molecule has 1 aromatic rings. The molecule has 1 aliphatic rings. The van der Waals surface area contributed by atoms with Crippen LogP contribution in [0.2, 0.25) is 0 Å². The van der Waals surface area contributed by atoms with Crippen LogP contribution in [-0.2, 0) is 10.0 Å². The van der Waals surface area contributed by atoms with Crippen molar-refractivity contribution in [1.82, 2.24) is 10.0 Å². The first-order valence-electron chi connectivity index (χ1n) is 6.60. The molecule has 0 aromatic heterocycles. The summed E-state index contributed by atoms with van der Waals surface area (Å²) in [5.74, 6) is 0.422. The molecule has 9 heteroatoms. The SMILES string of the molecule is CNS(=O)(=O)c1ccc(NCC2CCNC2)c([N+](=O)[O-])c1. The van der Waals surface area contributed by atoms with Gasteiger partial charge in [0, 0.05) is 12.6 Å². The largest absolute Gasteiger partial charge is 0.379 e. The topological polar surface area (TPSA) is 113 Å². The Morgan fingerprint density at radius 2 is 2.24 bits per heavy atom. The van der Waals surface area contributed by atoms with Gasteiger partial charge in [0.1, 0.15) is 5.69 Å². The van der Waals surface area contributed by atoms with Gasteiger partial charge in [-0.3, -0.25) is 10.1 Å². The number of hydrogen-bond donors (Lipinski definition) is 3. The molecule has 1 unspecified atom stereocenters. The van der Waals surface area contributed by atoms with Crippen LogP contribution in [0.15, 0.2) is 23.1 Å². The standard InChI is InChI=1S/C12H18N4O4S/c1-13-21(19,20)10-2-3-11(12(6-10)16(17)18)15-8-9-4-5-14-7-9/h2-3,6,9,13-15H,4-5,7-8H2,1H3. The highest BCUT2D eigenvalue weighted by molar-refractivity contribution is 7.89. The Balaban J connectivity index is 2.22. The van der Waals surface area contributed by atoms with Gasteiger partial charge in [-0.1, -0.05) is 0 Å². The minimum atomic E-state index is -3.69. The van der Waals surface area contributed by atoms with E-state index in [1.54, 1.807) is 0 Å². The van der Waals surface area contributed by atoms with Crippen LogP contribution in [0, 0.1) is 16.0 Å². The summed E-state index contributed by atoms with van der Waals surface area (Å²) in [6, 6.07) is 3.86. The smallest absolute Gasteiger partial charge is 0.293 e. The molecule has 0 saturated carbocycles. The normalized spacial score (nSPS) is 18.6. The minimum Gasteiger partial charge on any atom is -0.379 e. The Hall–Kier alpha value is -1.71. The monoisotopic (exact) mass is 314 g/mol. The number of nitro groups is 1. The van der Waals surface area contributed by atoms with Gasteiger partial charge >= 0.3 is 0 Å². The van der Waals surface area contributed by atoms with E-state index in [2.05, 4.69) is 15.4 Å². The average molecular weight is 314 g/mol. The summed E-state index contributed by atoms with van der Waals surface area (Å²) in [6.07, 6.45) is 1.02. The van der Waals surface area contributed by atoms with E-state index in [1.165, 1.54) is 19.2 Å². The lowest BCUT2D eigenvalue weighted by Gasteiger charge is -2.12. The molecular weight excluding hydrogens is 296 g/mol. The Bertz CT molecular complexity index is 626. The van der Waals surface area contributed by atoms with E-state index in [-0.39, 0.29) is 10.6 Å². The Morgan fingerprint density at radius 1 is 1.48 bits per heavy atom. The predicted molar refractivity (Wildman–Crippen MR) is 78.8 cm³/mol. The van der Waals surface area contributed by atoms with Crippen LogP contribution in [0.5, 0.6) is 0 Å². The Labute approximate surface area is 123 Å². The fraction of sp³-hybridized carbons (Fsp3) is 0.500. The molecular formula is C12H18N4O4S. The third-order valence-electron chi connectivity index (χ3n) is 3.49. The first kappa shape index (κ1) is 15.7. The number of anilines is 1. The predicted octanol–water partition coefficient (Wildman–Crippen LogP) is 0.524. The van der Waals surface area contributed by atoms with E-state index in [1.807, 2.05) is 0 Å². The molecule has 0 aliphatic carbocycles. The molecule has 1 heterocycles. The summed E-state index contributed by atoms with van der Waals surface area (Å²) in [6.45, 7) is 2.45. The molecule has 1 atom stereocenters. The number of nitro benzene ring substituents is 1. The van der Waals surface area contributed by atoms with E-state index >= 15 is 0 Å². The van der Waals surface area contributed by atoms with Gasteiger partial charge in [0.2, 0.25) is 10.0 Å².